The third-order valence-corrected chi connectivity index (χ3v) is 3.19. The van der Waals surface area contributed by atoms with Gasteiger partial charge in [-0.05, 0) is 31.9 Å². The first-order valence-corrected chi connectivity index (χ1v) is 6.15. The lowest BCUT2D eigenvalue weighted by Crippen LogP contribution is -2.23. The van der Waals surface area contributed by atoms with Crippen LogP contribution in [0.3, 0.4) is 0 Å². The fraction of sp³-hybridized carbons (Fsp3) is 0.286. The molecule has 0 amide bonds. The SMILES string of the molecule is Cc1ccc(C)c(Cn2c(C)nc(Cl)cc2=O)c1. The molecule has 0 aliphatic carbocycles. The van der Waals surface area contributed by atoms with Crippen molar-refractivity contribution >= 4 is 11.6 Å². The highest BCUT2D eigenvalue weighted by Crippen LogP contribution is 2.12. The Morgan fingerprint density at radius 1 is 1.22 bits per heavy atom. The second kappa shape index (κ2) is 4.94. The third kappa shape index (κ3) is 2.62. The van der Waals surface area contributed by atoms with Crippen LogP contribution in [0.1, 0.15) is 22.5 Å². The summed E-state index contributed by atoms with van der Waals surface area (Å²) in [5.74, 6) is 0.633. The molecular weight excluding hydrogens is 248 g/mol. The van der Waals surface area contributed by atoms with E-state index >= 15 is 0 Å². The van der Waals surface area contributed by atoms with E-state index in [4.69, 9.17) is 11.6 Å². The molecule has 18 heavy (non-hydrogen) atoms. The highest BCUT2D eigenvalue weighted by molar-refractivity contribution is 6.29. The predicted molar refractivity (Wildman–Crippen MR) is 73.3 cm³/mol. The molecule has 0 saturated carbocycles. The lowest BCUT2D eigenvalue weighted by atomic mass is 10.1. The molecule has 0 N–H and O–H groups in total. The minimum atomic E-state index is -0.117. The Morgan fingerprint density at radius 3 is 2.61 bits per heavy atom. The van der Waals surface area contributed by atoms with Crippen LogP contribution < -0.4 is 5.56 Å². The quantitative estimate of drug-likeness (QED) is 0.780. The molecule has 1 aromatic carbocycles. The first kappa shape index (κ1) is 12.8. The summed E-state index contributed by atoms with van der Waals surface area (Å²) in [6, 6.07) is 7.57. The molecule has 0 fully saturated rings. The molecule has 2 aromatic rings. The number of halogens is 1. The van der Waals surface area contributed by atoms with Gasteiger partial charge in [-0.3, -0.25) is 9.36 Å². The molecule has 0 bridgehead atoms. The zero-order valence-electron chi connectivity index (χ0n) is 10.7. The molecule has 0 unspecified atom stereocenters. The highest BCUT2D eigenvalue weighted by atomic mass is 35.5. The van der Waals surface area contributed by atoms with Gasteiger partial charge in [0.05, 0.1) is 6.54 Å². The summed E-state index contributed by atoms with van der Waals surface area (Å²) in [5.41, 5.74) is 3.36. The van der Waals surface area contributed by atoms with Gasteiger partial charge in [-0.1, -0.05) is 35.4 Å². The summed E-state index contributed by atoms with van der Waals surface area (Å²) in [6.07, 6.45) is 0. The van der Waals surface area contributed by atoms with E-state index in [9.17, 15) is 4.79 Å². The minimum absolute atomic E-state index is 0.117. The first-order valence-electron chi connectivity index (χ1n) is 5.77. The molecular formula is C14H15ClN2O. The summed E-state index contributed by atoms with van der Waals surface area (Å²) in [7, 11) is 0. The van der Waals surface area contributed by atoms with Crippen LogP contribution in [0.15, 0.2) is 29.1 Å². The lowest BCUT2D eigenvalue weighted by Gasteiger charge is -2.12. The fourth-order valence-electron chi connectivity index (χ4n) is 1.92. The van der Waals surface area contributed by atoms with Crippen molar-refractivity contribution in [3.63, 3.8) is 0 Å². The Bertz CT molecular complexity index is 647. The van der Waals surface area contributed by atoms with Crippen molar-refractivity contribution in [1.82, 2.24) is 9.55 Å². The van der Waals surface area contributed by atoms with Gasteiger partial charge in [0.2, 0.25) is 0 Å². The zero-order chi connectivity index (χ0) is 13.3. The Morgan fingerprint density at radius 2 is 1.94 bits per heavy atom. The van der Waals surface area contributed by atoms with Gasteiger partial charge in [0.25, 0.3) is 5.56 Å². The van der Waals surface area contributed by atoms with Gasteiger partial charge in [-0.25, -0.2) is 4.98 Å². The number of aromatic nitrogens is 2. The number of hydrogen-bond donors (Lipinski definition) is 0. The van der Waals surface area contributed by atoms with Crippen LogP contribution in [-0.4, -0.2) is 9.55 Å². The van der Waals surface area contributed by atoms with Crippen molar-refractivity contribution in [3.8, 4) is 0 Å². The third-order valence-electron chi connectivity index (χ3n) is 3.00. The molecule has 0 atom stereocenters. The molecule has 0 radical (unpaired) electrons. The topological polar surface area (TPSA) is 34.9 Å². The van der Waals surface area contributed by atoms with Gasteiger partial charge >= 0.3 is 0 Å². The minimum Gasteiger partial charge on any atom is -0.292 e. The molecule has 1 aromatic heterocycles. The molecule has 94 valence electrons. The number of nitrogens with zero attached hydrogens (tertiary/aromatic N) is 2. The highest BCUT2D eigenvalue weighted by Gasteiger charge is 2.06. The standard InChI is InChI=1S/C14H15ClN2O/c1-9-4-5-10(2)12(6-9)8-17-11(3)16-13(15)7-14(17)18/h4-7H,8H2,1-3H3. The largest absolute Gasteiger partial charge is 0.292 e. The van der Waals surface area contributed by atoms with Crippen LogP contribution in [0.2, 0.25) is 5.15 Å². The monoisotopic (exact) mass is 262 g/mol. The van der Waals surface area contributed by atoms with E-state index in [0.29, 0.717) is 12.4 Å². The van der Waals surface area contributed by atoms with E-state index < -0.39 is 0 Å². The maximum absolute atomic E-state index is 11.9. The maximum atomic E-state index is 11.9. The molecule has 0 spiro atoms. The van der Waals surface area contributed by atoms with Crippen molar-refractivity contribution in [2.45, 2.75) is 27.3 Å². The number of benzene rings is 1. The maximum Gasteiger partial charge on any atom is 0.255 e. The van der Waals surface area contributed by atoms with Crippen molar-refractivity contribution in [2.24, 2.45) is 0 Å². The van der Waals surface area contributed by atoms with E-state index in [2.05, 4.69) is 23.2 Å². The number of rotatable bonds is 2. The van der Waals surface area contributed by atoms with E-state index in [-0.39, 0.29) is 10.7 Å². The fourth-order valence-corrected chi connectivity index (χ4v) is 2.14. The van der Waals surface area contributed by atoms with E-state index in [1.165, 1.54) is 17.2 Å². The molecule has 1 heterocycles. The average molecular weight is 263 g/mol. The van der Waals surface area contributed by atoms with Gasteiger partial charge in [0.1, 0.15) is 11.0 Å². The Hall–Kier alpha value is -1.61. The Labute approximate surface area is 111 Å². The van der Waals surface area contributed by atoms with Crippen LogP contribution in [0.25, 0.3) is 0 Å². The van der Waals surface area contributed by atoms with Crippen LogP contribution >= 0.6 is 11.6 Å². The van der Waals surface area contributed by atoms with Crippen LogP contribution in [0.5, 0.6) is 0 Å². The van der Waals surface area contributed by atoms with E-state index in [1.54, 1.807) is 11.5 Å². The summed E-state index contributed by atoms with van der Waals surface area (Å²) < 4.78 is 1.63. The number of hydrogen-bond acceptors (Lipinski definition) is 2. The van der Waals surface area contributed by atoms with Gasteiger partial charge in [-0.15, -0.1) is 0 Å². The summed E-state index contributed by atoms with van der Waals surface area (Å²) in [5, 5.41) is 0.245. The van der Waals surface area contributed by atoms with Crippen molar-refractivity contribution in [1.29, 1.82) is 0 Å². The molecule has 2 rings (SSSR count). The smallest absolute Gasteiger partial charge is 0.255 e. The summed E-state index contributed by atoms with van der Waals surface area (Å²) in [4.78, 5) is 16.0. The van der Waals surface area contributed by atoms with E-state index in [0.717, 1.165) is 5.56 Å². The summed E-state index contributed by atoms with van der Waals surface area (Å²) >= 11 is 5.76. The van der Waals surface area contributed by atoms with Crippen molar-refractivity contribution in [2.75, 3.05) is 0 Å². The van der Waals surface area contributed by atoms with Gasteiger partial charge < -0.3 is 0 Å². The van der Waals surface area contributed by atoms with E-state index in [1.807, 2.05) is 13.8 Å². The van der Waals surface area contributed by atoms with Crippen LogP contribution in [-0.2, 0) is 6.54 Å². The van der Waals surface area contributed by atoms with Crippen molar-refractivity contribution in [3.05, 3.63) is 62.3 Å². The average Bonchev–Trinajstić information content (AvgIpc) is 2.28. The van der Waals surface area contributed by atoms with Crippen molar-refractivity contribution < 1.29 is 0 Å². The van der Waals surface area contributed by atoms with Crippen LogP contribution in [0.4, 0.5) is 0 Å². The molecule has 0 aliphatic rings. The predicted octanol–water partition coefficient (Wildman–Crippen LogP) is 2.87. The van der Waals surface area contributed by atoms with Gasteiger partial charge in [0, 0.05) is 6.07 Å². The normalized spacial score (nSPS) is 10.7. The molecule has 3 nitrogen and oxygen atoms in total. The van der Waals surface area contributed by atoms with Gasteiger partial charge in [0.15, 0.2) is 0 Å². The van der Waals surface area contributed by atoms with Gasteiger partial charge in [-0.2, -0.15) is 0 Å². The zero-order valence-corrected chi connectivity index (χ0v) is 11.5. The number of aryl methyl sites for hydroxylation is 3. The second-order valence-electron chi connectivity index (χ2n) is 4.48. The molecule has 4 heteroatoms. The Balaban J connectivity index is 2.46. The molecule has 0 saturated heterocycles. The Kier molecular flexibility index (Phi) is 3.53. The van der Waals surface area contributed by atoms with Crippen LogP contribution in [0, 0.1) is 20.8 Å². The second-order valence-corrected chi connectivity index (χ2v) is 4.87. The molecule has 0 aliphatic heterocycles. The lowest BCUT2D eigenvalue weighted by molar-refractivity contribution is 0.697. The first-order chi connectivity index (χ1) is 8.47. The summed E-state index contributed by atoms with van der Waals surface area (Å²) in [6.45, 7) is 6.40.